The molecule has 2 N–H and O–H groups in total. The molecule has 2 rings (SSSR count). The van der Waals surface area contributed by atoms with Crippen molar-refractivity contribution < 1.29 is 9.53 Å². The Kier molecular flexibility index (Phi) is 4.16. The minimum atomic E-state index is -0.386. The molecular formula is C15H23N3O2. The summed E-state index contributed by atoms with van der Waals surface area (Å²) in [7, 11) is 1.38. The van der Waals surface area contributed by atoms with Crippen molar-refractivity contribution in [2.45, 2.75) is 33.1 Å². The van der Waals surface area contributed by atoms with Crippen molar-refractivity contribution in [2.75, 3.05) is 30.8 Å². The smallest absolute Gasteiger partial charge is 0.341 e. The Balaban J connectivity index is 2.30. The fourth-order valence-electron chi connectivity index (χ4n) is 2.62. The van der Waals surface area contributed by atoms with Crippen LogP contribution in [0.1, 0.15) is 43.5 Å². The quantitative estimate of drug-likeness (QED) is 0.841. The third-order valence-corrected chi connectivity index (χ3v) is 3.93. The molecule has 0 aromatic carbocycles. The Hall–Kier alpha value is -1.78. The first-order valence-electron chi connectivity index (χ1n) is 7.02. The molecule has 1 aromatic rings. The standard InChI is InChI=1S/C15H23N3O2/c1-15(2)5-4-7-18(8-6-15)13-12(14(19)20-3)9-11(16)10-17-13/h9-10H,4-8,16H2,1-3H3. The summed E-state index contributed by atoms with van der Waals surface area (Å²) in [5.74, 6) is 0.298. The molecule has 1 aromatic heterocycles. The lowest BCUT2D eigenvalue weighted by atomic mass is 9.85. The maximum Gasteiger partial charge on any atom is 0.341 e. The molecule has 0 amide bonds. The highest BCUT2D eigenvalue weighted by molar-refractivity contribution is 5.95. The second-order valence-corrected chi connectivity index (χ2v) is 6.14. The highest BCUT2D eigenvalue weighted by Gasteiger charge is 2.26. The van der Waals surface area contributed by atoms with Gasteiger partial charge in [-0.2, -0.15) is 0 Å². The van der Waals surface area contributed by atoms with Crippen LogP contribution < -0.4 is 10.6 Å². The van der Waals surface area contributed by atoms with E-state index in [2.05, 4.69) is 23.7 Å². The van der Waals surface area contributed by atoms with Crippen LogP contribution in [0.5, 0.6) is 0 Å². The molecule has 1 fully saturated rings. The number of hydrogen-bond acceptors (Lipinski definition) is 5. The van der Waals surface area contributed by atoms with Gasteiger partial charge in [0.2, 0.25) is 0 Å². The molecule has 0 spiro atoms. The number of rotatable bonds is 2. The summed E-state index contributed by atoms with van der Waals surface area (Å²) in [5.41, 5.74) is 7.00. The van der Waals surface area contributed by atoms with Crippen molar-refractivity contribution in [1.29, 1.82) is 0 Å². The molecule has 0 atom stereocenters. The van der Waals surface area contributed by atoms with Gasteiger partial charge in [0.15, 0.2) is 0 Å². The van der Waals surface area contributed by atoms with Gasteiger partial charge in [-0.25, -0.2) is 9.78 Å². The Morgan fingerprint density at radius 3 is 2.85 bits per heavy atom. The van der Waals surface area contributed by atoms with Gasteiger partial charge in [0, 0.05) is 13.1 Å². The van der Waals surface area contributed by atoms with E-state index in [0.29, 0.717) is 22.5 Å². The molecule has 0 aliphatic carbocycles. The van der Waals surface area contributed by atoms with Gasteiger partial charge in [-0.05, 0) is 30.7 Å². The third-order valence-electron chi connectivity index (χ3n) is 3.93. The summed E-state index contributed by atoms with van der Waals surface area (Å²) in [5, 5.41) is 0. The average molecular weight is 277 g/mol. The minimum Gasteiger partial charge on any atom is -0.465 e. The zero-order valence-corrected chi connectivity index (χ0v) is 12.5. The number of nitrogens with two attached hydrogens (primary N) is 1. The van der Waals surface area contributed by atoms with Crippen molar-refractivity contribution >= 4 is 17.5 Å². The molecule has 0 bridgehead atoms. The van der Waals surface area contributed by atoms with E-state index in [9.17, 15) is 4.79 Å². The van der Waals surface area contributed by atoms with E-state index in [-0.39, 0.29) is 5.97 Å². The van der Waals surface area contributed by atoms with Gasteiger partial charge in [0.05, 0.1) is 19.0 Å². The average Bonchev–Trinajstić information content (AvgIpc) is 2.59. The van der Waals surface area contributed by atoms with E-state index >= 15 is 0 Å². The molecule has 1 saturated heterocycles. The molecule has 1 aliphatic heterocycles. The number of anilines is 2. The van der Waals surface area contributed by atoms with Crippen LogP contribution in [0.15, 0.2) is 12.3 Å². The number of ether oxygens (including phenoxy) is 1. The normalized spacial score (nSPS) is 18.4. The van der Waals surface area contributed by atoms with Gasteiger partial charge in [0.25, 0.3) is 0 Å². The van der Waals surface area contributed by atoms with Crippen LogP contribution in [0.3, 0.4) is 0 Å². The lowest BCUT2D eigenvalue weighted by Crippen LogP contribution is -2.28. The molecular weight excluding hydrogens is 254 g/mol. The number of nitrogen functional groups attached to an aromatic ring is 1. The summed E-state index contributed by atoms with van der Waals surface area (Å²) in [6.07, 6.45) is 4.96. The molecule has 0 unspecified atom stereocenters. The molecule has 2 heterocycles. The maximum atomic E-state index is 11.9. The first-order valence-corrected chi connectivity index (χ1v) is 7.02. The van der Waals surface area contributed by atoms with Gasteiger partial charge in [-0.1, -0.05) is 13.8 Å². The molecule has 5 heteroatoms. The van der Waals surface area contributed by atoms with Crippen LogP contribution in [0.4, 0.5) is 11.5 Å². The summed E-state index contributed by atoms with van der Waals surface area (Å²) in [6, 6.07) is 1.64. The number of aromatic nitrogens is 1. The number of esters is 1. The third kappa shape index (κ3) is 3.21. The number of carbonyl (C=O) groups excluding carboxylic acids is 1. The monoisotopic (exact) mass is 277 g/mol. The summed E-state index contributed by atoms with van der Waals surface area (Å²) in [6.45, 7) is 6.38. The van der Waals surface area contributed by atoms with Crippen LogP contribution >= 0.6 is 0 Å². The Morgan fingerprint density at radius 1 is 1.40 bits per heavy atom. The van der Waals surface area contributed by atoms with E-state index in [0.717, 1.165) is 25.9 Å². The van der Waals surface area contributed by atoms with Crippen LogP contribution in [0.25, 0.3) is 0 Å². The van der Waals surface area contributed by atoms with Crippen LogP contribution in [0.2, 0.25) is 0 Å². The van der Waals surface area contributed by atoms with Crippen molar-refractivity contribution in [2.24, 2.45) is 5.41 Å². The van der Waals surface area contributed by atoms with E-state index in [1.165, 1.54) is 13.5 Å². The fourth-order valence-corrected chi connectivity index (χ4v) is 2.62. The second kappa shape index (κ2) is 5.69. The van der Waals surface area contributed by atoms with Gasteiger partial charge in [-0.15, -0.1) is 0 Å². The van der Waals surface area contributed by atoms with E-state index in [4.69, 9.17) is 10.5 Å². The van der Waals surface area contributed by atoms with Gasteiger partial charge in [0.1, 0.15) is 11.4 Å². The predicted molar refractivity (Wildman–Crippen MR) is 79.8 cm³/mol. The van der Waals surface area contributed by atoms with Crippen LogP contribution in [-0.4, -0.2) is 31.2 Å². The van der Waals surface area contributed by atoms with Gasteiger partial charge in [-0.3, -0.25) is 0 Å². The highest BCUT2D eigenvalue weighted by atomic mass is 16.5. The molecule has 20 heavy (non-hydrogen) atoms. The van der Waals surface area contributed by atoms with E-state index < -0.39 is 0 Å². The first kappa shape index (κ1) is 14.6. The number of hydrogen-bond donors (Lipinski definition) is 1. The number of carbonyl (C=O) groups is 1. The van der Waals surface area contributed by atoms with Crippen LogP contribution in [-0.2, 0) is 4.74 Å². The summed E-state index contributed by atoms with van der Waals surface area (Å²) >= 11 is 0. The van der Waals surface area contributed by atoms with Crippen molar-refractivity contribution in [3.8, 4) is 0 Å². The number of methoxy groups -OCH3 is 1. The number of pyridine rings is 1. The molecule has 1 aliphatic rings. The van der Waals surface area contributed by atoms with Gasteiger partial charge < -0.3 is 15.4 Å². The summed E-state index contributed by atoms with van der Waals surface area (Å²) < 4.78 is 4.83. The Bertz CT molecular complexity index is 500. The van der Waals surface area contributed by atoms with E-state index in [1.807, 2.05) is 0 Å². The SMILES string of the molecule is COC(=O)c1cc(N)cnc1N1CCCC(C)(C)CC1. The number of nitrogens with zero attached hydrogens (tertiary/aromatic N) is 2. The van der Waals surface area contributed by atoms with Crippen molar-refractivity contribution in [3.63, 3.8) is 0 Å². The van der Waals surface area contributed by atoms with E-state index in [1.54, 1.807) is 12.3 Å². The highest BCUT2D eigenvalue weighted by Crippen LogP contribution is 2.32. The van der Waals surface area contributed by atoms with Gasteiger partial charge >= 0.3 is 5.97 Å². The summed E-state index contributed by atoms with van der Waals surface area (Å²) in [4.78, 5) is 18.4. The second-order valence-electron chi connectivity index (χ2n) is 6.14. The molecule has 110 valence electrons. The molecule has 5 nitrogen and oxygen atoms in total. The minimum absolute atomic E-state index is 0.341. The lowest BCUT2D eigenvalue weighted by Gasteiger charge is -2.25. The lowest BCUT2D eigenvalue weighted by molar-refractivity contribution is 0.0601. The zero-order valence-electron chi connectivity index (χ0n) is 12.5. The largest absolute Gasteiger partial charge is 0.465 e. The van der Waals surface area contributed by atoms with Crippen LogP contribution in [0, 0.1) is 5.41 Å². The molecule has 0 radical (unpaired) electrons. The predicted octanol–water partition coefficient (Wildman–Crippen LogP) is 2.47. The molecule has 0 saturated carbocycles. The maximum absolute atomic E-state index is 11.9. The Morgan fingerprint density at radius 2 is 2.15 bits per heavy atom. The van der Waals surface area contributed by atoms with Crippen molar-refractivity contribution in [3.05, 3.63) is 17.8 Å². The first-order chi connectivity index (χ1) is 9.43. The van der Waals surface area contributed by atoms with Crippen molar-refractivity contribution in [1.82, 2.24) is 4.98 Å². The Labute approximate surface area is 120 Å². The topological polar surface area (TPSA) is 68.5 Å². The fraction of sp³-hybridized carbons (Fsp3) is 0.600. The zero-order chi connectivity index (χ0) is 14.8.